The molecule has 1 heterocycles. The summed E-state index contributed by atoms with van der Waals surface area (Å²) in [7, 11) is 0. The number of amides is 1. The molecule has 11 heteroatoms. The molecule has 3 aromatic rings. The Balaban J connectivity index is 1.74. The molecule has 0 spiro atoms. The van der Waals surface area contributed by atoms with Gasteiger partial charge in [0.2, 0.25) is 11.1 Å². The maximum atomic E-state index is 12.3. The zero-order chi connectivity index (χ0) is 21.1. The van der Waals surface area contributed by atoms with E-state index in [2.05, 4.69) is 20.8 Å². The van der Waals surface area contributed by atoms with Gasteiger partial charge in [-0.25, -0.2) is 0 Å². The minimum Gasteiger partial charge on any atom is -0.324 e. The highest BCUT2D eigenvalue weighted by atomic mass is 35.5. The predicted octanol–water partition coefficient (Wildman–Crippen LogP) is 3.88. The van der Waals surface area contributed by atoms with E-state index in [4.69, 9.17) is 11.6 Å². The van der Waals surface area contributed by atoms with E-state index in [1.807, 2.05) is 32.9 Å². The zero-order valence-electron chi connectivity index (χ0n) is 15.8. The van der Waals surface area contributed by atoms with Gasteiger partial charge in [0.1, 0.15) is 0 Å². The summed E-state index contributed by atoms with van der Waals surface area (Å²) in [6, 6.07) is 7.93. The molecular weight excluding hydrogens is 416 g/mol. The molecule has 0 unspecified atom stereocenters. The monoisotopic (exact) mass is 432 g/mol. The van der Waals surface area contributed by atoms with Gasteiger partial charge in [-0.1, -0.05) is 41.1 Å². The van der Waals surface area contributed by atoms with Crippen LogP contribution >= 0.6 is 23.4 Å². The molecule has 0 saturated carbocycles. The number of aryl methyl sites for hydroxylation is 3. The lowest BCUT2D eigenvalue weighted by molar-refractivity contribution is -0.384. The smallest absolute Gasteiger partial charge is 0.271 e. The number of nitrogens with one attached hydrogen (secondary N) is 1. The van der Waals surface area contributed by atoms with Gasteiger partial charge in [0.15, 0.2) is 0 Å². The maximum absolute atomic E-state index is 12.3. The van der Waals surface area contributed by atoms with Crippen LogP contribution in [-0.2, 0) is 4.79 Å². The van der Waals surface area contributed by atoms with Crippen molar-refractivity contribution in [1.82, 2.24) is 20.2 Å². The molecule has 0 radical (unpaired) electrons. The highest BCUT2D eigenvalue weighted by Gasteiger charge is 2.17. The molecule has 150 valence electrons. The molecule has 1 aromatic heterocycles. The van der Waals surface area contributed by atoms with Gasteiger partial charge < -0.3 is 5.32 Å². The molecule has 9 nitrogen and oxygen atoms in total. The van der Waals surface area contributed by atoms with Crippen LogP contribution in [0.2, 0.25) is 5.02 Å². The van der Waals surface area contributed by atoms with Crippen molar-refractivity contribution in [2.45, 2.75) is 25.9 Å². The molecule has 0 aliphatic heterocycles. The first-order chi connectivity index (χ1) is 13.8. The third kappa shape index (κ3) is 4.72. The summed E-state index contributed by atoms with van der Waals surface area (Å²) in [4.78, 5) is 22.7. The molecular formula is C18H17ClN6O3S. The first-order valence-electron chi connectivity index (χ1n) is 8.49. The topological polar surface area (TPSA) is 116 Å². The van der Waals surface area contributed by atoms with Crippen LogP contribution in [-0.4, -0.2) is 36.8 Å². The molecule has 0 saturated heterocycles. The van der Waals surface area contributed by atoms with Gasteiger partial charge in [-0.3, -0.25) is 14.9 Å². The average molecular weight is 433 g/mol. The molecule has 0 bridgehead atoms. The second-order valence-electron chi connectivity index (χ2n) is 6.38. The fourth-order valence-corrected chi connectivity index (χ4v) is 3.80. The number of hydrogen-bond acceptors (Lipinski definition) is 7. The number of nitrogens with zero attached hydrogens (tertiary/aromatic N) is 5. The van der Waals surface area contributed by atoms with E-state index in [-0.39, 0.29) is 28.1 Å². The third-order valence-corrected chi connectivity index (χ3v) is 5.30. The molecule has 0 fully saturated rings. The van der Waals surface area contributed by atoms with Crippen LogP contribution in [0.4, 0.5) is 11.4 Å². The Hall–Kier alpha value is -2.98. The van der Waals surface area contributed by atoms with E-state index in [0.29, 0.717) is 5.16 Å². The van der Waals surface area contributed by atoms with Crippen molar-refractivity contribution in [3.05, 3.63) is 62.2 Å². The number of tetrazole rings is 1. The van der Waals surface area contributed by atoms with Gasteiger partial charge in [0.25, 0.3) is 5.69 Å². The van der Waals surface area contributed by atoms with Gasteiger partial charge in [-0.05, 0) is 48.4 Å². The fraction of sp³-hybridized carbons (Fsp3) is 0.222. The van der Waals surface area contributed by atoms with Gasteiger partial charge in [-0.15, -0.1) is 5.10 Å². The standard InChI is InChI=1S/C18H17ClN6O3S/c1-10-6-11(2)17(12(3)7-10)24-18(21-22-23-24)29-9-16(26)20-15-8-13(25(27)28)4-5-14(15)19/h4-8H,9H2,1-3H3,(H,20,26). The molecule has 1 amide bonds. The zero-order valence-corrected chi connectivity index (χ0v) is 17.4. The van der Waals surface area contributed by atoms with Crippen molar-refractivity contribution in [2.24, 2.45) is 0 Å². The number of non-ortho nitro benzene ring substituents is 1. The average Bonchev–Trinajstić information content (AvgIpc) is 3.09. The van der Waals surface area contributed by atoms with E-state index >= 15 is 0 Å². The largest absolute Gasteiger partial charge is 0.324 e. The Morgan fingerprint density at radius 1 is 1.24 bits per heavy atom. The van der Waals surface area contributed by atoms with E-state index < -0.39 is 4.92 Å². The number of rotatable bonds is 6. The fourth-order valence-electron chi connectivity index (χ4n) is 2.95. The second-order valence-corrected chi connectivity index (χ2v) is 7.73. The number of nitro benzene ring substituents is 1. The first kappa shape index (κ1) is 20.7. The summed E-state index contributed by atoms with van der Waals surface area (Å²) in [5.41, 5.74) is 4.06. The van der Waals surface area contributed by atoms with Crippen molar-refractivity contribution in [3.8, 4) is 5.69 Å². The van der Waals surface area contributed by atoms with Gasteiger partial charge in [0.05, 0.1) is 27.1 Å². The van der Waals surface area contributed by atoms with Crippen LogP contribution in [0.5, 0.6) is 0 Å². The summed E-state index contributed by atoms with van der Waals surface area (Å²) in [5, 5.41) is 25.9. The molecule has 0 aliphatic carbocycles. The normalized spacial score (nSPS) is 10.8. The predicted molar refractivity (Wildman–Crippen MR) is 111 cm³/mol. The van der Waals surface area contributed by atoms with E-state index in [1.54, 1.807) is 4.68 Å². The van der Waals surface area contributed by atoms with Gasteiger partial charge in [0, 0.05) is 12.1 Å². The SMILES string of the molecule is Cc1cc(C)c(-n2nnnc2SCC(=O)Nc2cc([N+](=O)[O-])ccc2Cl)c(C)c1. The number of nitro groups is 1. The first-order valence-corrected chi connectivity index (χ1v) is 9.86. The van der Waals surface area contributed by atoms with E-state index in [9.17, 15) is 14.9 Å². The number of benzene rings is 2. The van der Waals surface area contributed by atoms with Crippen LogP contribution < -0.4 is 5.32 Å². The second kappa shape index (κ2) is 8.58. The number of aromatic nitrogens is 4. The lowest BCUT2D eigenvalue weighted by Gasteiger charge is -2.12. The third-order valence-electron chi connectivity index (χ3n) is 4.06. The van der Waals surface area contributed by atoms with Gasteiger partial charge in [-0.2, -0.15) is 4.68 Å². The highest BCUT2D eigenvalue weighted by molar-refractivity contribution is 7.99. The van der Waals surface area contributed by atoms with E-state index in [1.165, 1.54) is 18.2 Å². The number of anilines is 1. The Kier molecular flexibility index (Phi) is 6.14. The highest BCUT2D eigenvalue weighted by Crippen LogP contribution is 2.28. The summed E-state index contributed by atoms with van der Waals surface area (Å²) in [6.45, 7) is 5.97. The lowest BCUT2D eigenvalue weighted by Crippen LogP contribution is -2.15. The summed E-state index contributed by atoms with van der Waals surface area (Å²) in [6.07, 6.45) is 0. The lowest BCUT2D eigenvalue weighted by atomic mass is 10.1. The number of thioether (sulfide) groups is 1. The van der Waals surface area contributed by atoms with Crippen LogP contribution in [0.15, 0.2) is 35.5 Å². The summed E-state index contributed by atoms with van der Waals surface area (Å²) >= 11 is 7.17. The quantitative estimate of drug-likeness (QED) is 0.357. The summed E-state index contributed by atoms with van der Waals surface area (Å²) in [5.74, 6) is -0.382. The van der Waals surface area contributed by atoms with Crippen molar-refractivity contribution >= 4 is 40.6 Å². The molecule has 1 N–H and O–H groups in total. The molecule has 3 rings (SSSR count). The van der Waals surface area contributed by atoms with Crippen LogP contribution in [0, 0.1) is 30.9 Å². The Labute approximate surface area is 175 Å². The molecule has 29 heavy (non-hydrogen) atoms. The molecule has 2 aromatic carbocycles. The Morgan fingerprint density at radius 2 is 1.93 bits per heavy atom. The maximum Gasteiger partial charge on any atom is 0.271 e. The number of carbonyl (C=O) groups excluding carboxylic acids is 1. The number of halogens is 1. The molecule has 0 aliphatic rings. The van der Waals surface area contributed by atoms with Crippen LogP contribution in [0.25, 0.3) is 5.69 Å². The van der Waals surface area contributed by atoms with Crippen LogP contribution in [0.3, 0.4) is 0 Å². The molecule has 0 atom stereocenters. The van der Waals surface area contributed by atoms with E-state index in [0.717, 1.165) is 34.1 Å². The van der Waals surface area contributed by atoms with Gasteiger partial charge >= 0.3 is 0 Å². The number of carbonyl (C=O) groups is 1. The summed E-state index contributed by atoms with van der Waals surface area (Å²) < 4.78 is 1.60. The number of hydrogen-bond donors (Lipinski definition) is 1. The van der Waals surface area contributed by atoms with Crippen molar-refractivity contribution in [3.63, 3.8) is 0 Å². The van der Waals surface area contributed by atoms with Crippen molar-refractivity contribution in [2.75, 3.05) is 11.1 Å². The van der Waals surface area contributed by atoms with Crippen molar-refractivity contribution < 1.29 is 9.72 Å². The minimum atomic E-state index is -0.554. The Bertz CT molecular complexity index is 1080. The van der Waals surface area contributed by atoms with Crippen LogP contribution in [0.1, 0.15) is 16.7 Å². The van der Waals surface area contributed by atoms with Crippen molar-refractivity contribution in [1.29, 1.82) is 0 Å². The minimum absolute atomic E-state index is 0.00332. The Morgan fingerprint density at radius 3 is 2.59 bits per heavy atom.